The molecule has 0 saturated heterocycles. The Labute approximate surface area is 155 Å². The number of esters is 1. The van der Waals surface area contributed by atoms with Crippen molar-refractivity contribution < 1.29 is 9.53 Å². The average molecular weight is 376 g/mol. The molecule has 130 valence electrons. The van der Waals surface area contributed by atoms with Crippen molar-refractivity contribution in [3.63, 3.8) is 0 Å². The van der Waals surface area contributed by atoms with Gasteiger partial charge in [0, 0.05) is 10.6 Å². The van der Waals surface area contributed by atoms with Gasteiger partial charge in [0.1, 0.15) is 10.6 Å². The zero-order valence-corrected chi connectivity index (χ0v) is 15.6. The lowest BCUT2D eigenvalue weighted by Crippen LogP contribution is -2.05. The topological polar surface area (TPSA) is 64.1 Å². The van der Waals surface area contributed by atoms with E-state index in [0.29, 0.717) is 18.0 Å². The third-order valence-corrected chi connectivity index (χ3v) is 4.93. The van der Waals surface area contributed by atoms with E-state index in [1.807, 2.05) is 19.1 Å². The third kappa shape index (κ3) is 4.08. The zero-order valence-electron chi connectivity index (χ0n) is 14.0. The summed E-state index contributed by atoms with van der Waals surface area (Å²) < 4.78 is 5.13. The predicted octanol–water partition coefficient (Wildman–Crippen LogP) is 5.22. The summed E-state index contributed by atoms with van der Waals surface area (Å²) in [6.45, 7) is 4.49. The first kappa shape index (κ1) is 17.6. The first-order valence-corrected chi connectivity index (χ1v) is 9.30. The Morgan fingerprint density at radius 3 is 2.68 bits per heavy atom. The number of hydrogen-bond donors (Lipinski definition) is 1. The number of nitrogens with zero attached hydrogens (tertiary/aromatic N) is 2. The fourth-order valence-electron chi connectivity index (χ4n) is 2.32. The Balaban J connectivity index is 1.83. The molecule has 7 heteroatoms. The molecule has 0 atom stereocenters. The number of ether oxygens (including phenoxy) is 1. The molecule has 0 bridgehead atoms. The molecule has 0 saturated carbocycles. The molecule has 1 aromatic carbocycles. The number of fused-ring (bicyclic) bond motifs is 1. The van der Waals surface area contributed by atoms with E-state index in [1.54, 1.807) is 23.5 Å². The summed E-state index contributed by atoms with van der Waals surface area (Å²) in [6, 6.07) is 9.17. The Morgan fingerprint density at radius 2 is 2.00 bits per heavy atom. The van der Waals surface area contributed by atoms with Crippen LogP contribution in [-0.4, -0.2) is 22.5 Å². The van der Waals surface area contributed by atoms with Crippen molar-refractivity contribution in [2.75, 3.05) is 11.9 Å². The Morgan fingerprint density at radius 1 is 1.24 bits per heavy atom. The molecule has 0 spiro atoms. The van der Waals surface area contributed by atoms with E-state index in [2.05, 4.69) is 28.3 Å². The molecular weight excluding hydrogens is 358 g/mol. The summed E-state index contributed by atoms with van der Waals surface area (Å²) in [5.41, 5.74) is 1.33. The molecule has 25 heavy (non-hydrogen) atoms. The second-order valence-electron chi connectivity index (χ2n) is 5.46. The molecule has 0 fully saturated rings. The number of halogens is 1. The number of thiophene rings is 1. The molecule has 0 aliphatic rings. The van der Waals surface area contributed by atoms with Gasteiger partial charge < -0.3 is 10.1 Å². The minimum Gasteiger partial charge on any atom is -0.462 e. The molecule has 2 heterocycles. The van der Waals surface area contributed by atoms with Gasteiger partial charge in [0.15, 0.2) is 0 Å². The quantitative estimate of drug-likeness (QED) is 0.472. The van der Waals surface area contributed by atoms with Crippen LogP contribution in [0, 0.1) is 0 Å². The van der Waals surface area contributed by atoms with Crippen LogP contribution >= 0.6 is 22.9 Å². The highest BCUT2D eigenvalue weighted by Crippen LogP contribution is 2.31. The van der Waals surface area contributed by atoms with Crippen LogP contribution in [0.5, 0.6) is 0 Å². The lowest BCUT2D eigenvalue weighted by molar-refractivity contribution is 0.0505. The molecule has 0 radical (unpaired) electrons. The summed E-state index contributed by atoms with van der Waals surface area (Å²) in [7, 11) is 0. The molecular formula is C18H18ClN3O2S. The second kappa shape index (κ2) is 7.80. The molecule has 3 rings (SSSR count). The van der Waals surface area contributed by atoms with Crippen LogP contribution in [0.4, 0.5) is 11.5 Å². The summed E-state index contributed by atoms with van der Waals surface area (Å²) >= 11 is 7.65. The van der Waals surface area contributed by atoms with E-state index in [-0.39, 0.29) is 11.3 Å². The van der Waals surface area contributed by atoms with Gasteiger partial charge in [-0.1, -0.05) is 13.8 Å². The van der Waals surface area contributed by atoms with E-state index >= 15 is 0 Å². The largest absolute Gasteiger partial charge is 0.462 e. The smallest absolute Gasteiger partial charge is 0.338 e. The predicted molar refractivity (Wildman–Crippen MR) is 102 cm³/mol. The molecule has 5 nitrogen and oxygen atoms in total. The van der Waals surface area contributed by atoms with Crippen molar-refractivity contribution in [3.05, 3.63) is 46.1 Å². The van der Waals surface area contributed by atoms with E-state index in [1.165, 1.54) is 4.88 Å². The van der Waals surface area contributed by atoms with Crippen molar-refractivity contribution in [2.24, 2.45) is 0 Å². The van der Waals surface area contributed by atoms with Gasteiger partial charge in [-0.15, -0.1) is 11.3 Å². The molecule has 1 N–H and O–H groups in total. The number of carbonyl (C=O) groups excluding carboxylic acids is 1. The number of aryl methyl sites for hydroxylation is 1. The molecule has 0 aliphatic carbocycles. The standard InChI is InChI=1S/C18H18ClN3O2S/c1-3-9-24-17(23)11-5-7-12(8-6-11)20-15-14-10-13(4-2)25-16(14)22-18(19)21-15/h5-8,10H,3-4,9H2,1-2H3,(H,20,21,22). The minimum absolute atomic E-state index is 0.208. The number of hydrogen-bond acceptors (Lipinski definition) is 6. The maximum absolute atomic E-state index is 11.8. The number of rotatable bonds is 6. The molecule has 0 aliphatic heterocycles. The molecule has 0 unspecified atom stereocenters. The van der Waals surface area contributed by atoms with Crippen LogP contribution in [0.2, 0.25) is 5.28 Å². The molecule has 0 amide bonds. The second-order valence-corrected chi connectivity index (χ2v) is 6.92. The van der Waals surface area contributed by atoms with Gasteiger partial charge in [0.25, 0.3) is 0 Å². The van der Waals surface area contributed by atoms with Crippen LogP contribution in [0.3, 0.4) is 0 Å². The minimum atomic E-state index is -0.314. The lowest BCUT2D eigenvalue weighted by Gasteiger charge is -2.08. The summed E-state index contributed by atoms with van der Waals surface area (Å²) in [6.07, 6.45) is 1.74. The number of benzene rings is 1. The Kier molecular flexibility index (Phi) is 5.50. The van der Waals surface area contributed by atoms with Gasteiger partial charge in [-0.25, -0.2) is 9.78 Å². The monoisotopic (exact) mass is 375 g/mol. The highest BCUT2D eigenvalue weighted by atomic mass is 35.5. The molecule has 3 aromatic rings. The zero-order chi connectivity index (χ0) is 17.8. The normalized spacial score (nSPS) is 10.8. The van der Waals surface area contributed by atoms with Crippen LogP contribution in [-0.2, 0) is 11.2 Å². The SMILES string of the molecule is CCCOC(=O)c1ccc(Nc2nc(Cl)nc3sc(CC)cc23)cc1. The highest BCUT2D eigenvalue weighted by Gasteiger charge is 2.12. The number of aromatic nitrogens is 2. The van der Waals surface area contributed by atoms with Crippen molar-refractivity contribution in [1.82, 2.24) is 9.97 Å². The third-order valence-electron chi connectivity index (χ3n) is 3.59. The number of carbonyl (C=O) groups is 1. The highest BCUT2D eigenvalue weighted by molar-refractivity contribution is 7.18. The van der Waals surface area contributed by atoms with Crippen LogP contribution < -0.4 is 5.32 Å². The lowest BCUT2D eigenvalue weighted by atomic mass is 10.2. The van der Waals surface area contributed by atoms with Crippen molar-refractivity contribution in [2.45, 2.75) is 26.7 Å². The van der Waals surface area contributed by atoms with Crippen molar-refractivity contribution in [3.8, 4) is 0 Å². The van der Waals surface area contributed by atoms with Crippen molar-refractivity contribution in [1.29, 1.82) is 0 Å². The van der Waals surface area contributed by atoms with Crippen molar-refractivity contribution >= 4 is 50.6 Å². The number of nitrogens with one attached hydrogen (secondary N) is 1. The Bertz CT molecular complexity index is 893. The van der Waals surface area contributed by atoms with Gasteiger partial charge in [0.05, 0.1) is 17.6 Å². The first-order chi connectivity index (χ1) is 12.1. The van der Waals surface area contributed by atoms with Gasteiger partial charge >= 0.3 is 5.97 Å². The van der Waals surface area contributed by atoms with Crippen LogP contribution in [0.25, 0.3) is 10.2 Å². The number of anilines is 2. The summed E-state index contributed by atoms with van der Waals surface area (Å²) in [5, 5.41) is 4.40. The van der Waals surface area contributed by atoms with Gasteiger partial charge in [0.2, 0.25) is 5.28 Å². The van der Waals surface area contributed by atoms with Gasteiger partial charge in [-0.3, -0.25) is 0 Å². The summed E-state index contributed by atoms with van der Waals surface area (Å²) in [4.78, 5) is 22.5. The summed E-state index contributed by atoms with van der Waals surface area (Å²) in [5.74, 6) is 0.346. The van der Waals surface area contributed by atoms with E-state index in [0.717, 1.165) is 28.7 Å². The van der Waals surface area contributed by atoms with Gasteiger partial charge in [-0.05, 0) is 54.8 Å². The van der Waals surface area contributed by atoms with E-state index in [9.17, 15) is 4.79 Å². The van der Waals surface area contributed by atoms with Gasteiger partial charge in [-0.2, -0.15) is 4.98 Å². The Hall–Kier alpha value is -2.18. The van der Waals surface area contributed by atoms with Crippen LogP contribution in [0.15, 0.2) is 30.3 Å². The van der Waals surface area contributed by atoms with E-state index in [4.69, 9.17) is 16.3 Å². The average Bonchev–Trinajstić information content (AvgIpc) is 3.03. The first-order valence-electron chi connectivity index (χ1n) is 8.11. The fourth-order valence-corrected chi connectivity index (χ4v) is 3.51. The van der Waals surface area contributed by atoms with Crippen LogP contribution in [0.1, 0.15) is 35.5 Å². The van der Waals surface area contributed by atoms with E-state index < -0.39 is 0 Å². The maximum Gasteiger partial charge on any atom is 0.338 e. The molecule has 2 aromatic heterocycles. The fraction of sp³-hybridized carbons (Fsp3) is 0.278. The maximum atomic E-state index is 11.8.